The molecule has 7 nitrogen and oxygen atoms in total. The van der Waals surface area contributed by atoms with Gasteiger partial charge in [0.15, 0.2) is 0 Å². The molecular formula is C18H24N2O5S. The van der Waals surface area contributed by atoms with Crippen molar-refractivity contribution < 1.29 is 23.8 Å². The number of aromatic nitrogens is 1. The number of nitrogens with zero attached hydrogens (tertiary/aromatic N) is 1. The first-order chi connectivity index (χ1) is 12.2. The van der Waals surface area contributed by atoms with E-state index in [1.54, 1.807) is 6.92 Å². The van der Waals surface area contributed by atoms with E-state index in [0.29, 0.717) is 17.3 Å². The van der Waals surface area contributed by atoms with Crippen molar-refractivity contribution in [2.24, 2.45) is 0 Å². The summed E-state index contributed by atoms with van der Waals surface area (Å²) >= 11 is 1.49. The molecule has 1 atom stereocenters. The van der Waals surface area contributed by atoms with Gasteiger partial charge in [-0.15, -0.1) is 11.3 Å². The lowest BCUT2D eigenvalue weighted by molar-refractivity contribution is -0.142. The lowest BCUT2D eigenvalue weighted by Crippen LogP contribution is -2.42. The zero-order valence-corrected chi connectivity index (χ0v) is 16.2. The minimum Gasteiger partial charge on any atom is -0.480 e. The molecule has 0 fully saturated rings. The van der Waals surface area contributed by atoms with Gasteiger partial charge in [0, 0.05) is 13.0 Å². The predicted molar refractivity (Wildman–Crippen MR) is 98.1 cm³/mol. The Balaban J connectivity index is 1.94. The highest BCUT2D eigenvalue weighted by atomic mass is 32.1. The topological polar surface area (TPSA) is 102 Å². The van der Waals surface area contributed by atoms with Crippen LogP contribution in [-0.4, -0.2) is 40.2 Å². The van der Waals surface area contributed by atoms with Gasteiger partial charge in [0.2, 0.25) is 11.8 Å². The molecule has 8 heteroatoms. The third-order valence-electron chi connectivity index (χ3n) is 3.53. The number of aliphatic carboxylic acids is 1. The van der Waals surface area contributed by atoms with Crippen molar-refractivity contribution in [3.8, 4) is 10.8 Å². The molecule has 2 heterocycles. The normalized spacial score (nSPS) is 12.8. The Morgan fingerprint density at radius 2 is 2.15 bits per heavy atom. The van der Waals surface area contributed by atoms with Gasteiger partial charge in [0.05, 0.1) is 22.6 Å². The van der Waals surface area contributed by atoms with Gasteiger partial charge >= 0.3 is 5.97 Å². The Morgan fingerprint density at radius 1 is 1.42 bits per heavy atom. The van der Waals surface area contributed by atoms with Gasteiger partial charge in [-0.25, -0.2) is 9.78 Å². The summed E-state index contributed by atoms with van der Waals surface area (Å²) in [5, 5.41) is 13.7. The fraction of sp³-hybridized carbons (Fsp3) is 0.500. The summed E-state index contributed by atoms with van der Waals surface area (Å²) in [4.78, 5) is 28.8. The summed E-state index contributed by atoms with van der Waals surface area (Å²) in [5.74, 6) is -0.491. The number of oxazole rings is 1. The second-order valence-corrected chi connectivity index (χ2v) is 7.83. The lowest BCUT2D eigenvalue weighted by Gasteiger charge is -2.21. The van der Waals surface area contributed by atoms with Crippen LogP contribution in [0, 0.1) is 6.92 Å². The van der Waals surface area contributed by atoms with Crippen molar-refractivity contribution in [3.63, 3.8) is 0 Å². The quantitative estimate of drug-likeness (QED) is 0.730. The second-order valence-electron chi connectivity index (χ2n) is 6.88. The molecule has 0 saturated heterocycles. The fourth-order valence-electron chi connectivity index (χ4n) is 2.24. The van der Waals surface area contributed by atoms with Crippen LogP contribution in [-0.2, 0) is 20.7 Å². The highest BCUT2D eigenvalue weighted by molar-refractivity contribution is 7.13. The predicted octanol–water partition coefficient (Wildman–Crippen LogP) is 3.03. The van der Waals surface area contributed by atoms with Crippen LogP contribution in [0.15, 0.2) is 21.9 Å². The van der Waals surface area contributed by atoms with Gasteiger partial charge in [0.25, 0.3) is 0 Å². The van der Waals surface area contributed by atoms with E-state index in [2.05, 4.69) is 10.3 Å². The van der Waals surface area contributed by atoms with E-state index in [4.69, 9.17) is 9.15 Å². The minimum absolute atomic E-state index is 0.0371. The van der Waals surface area contributed by atoms with E-state index in [9.17, 15) is 14.7 Å². The number of nitrogens with one attached hydrogen (secondary N) is 1. The molecule has 2 aromatic heterocycles. The number of aryl methyl sites for hydroxylation is 1. The molecule has 142 valence electrons. The number of hydrogen-bond acceptors (Lipinski definition) is 6. The fourth-order valence-corrected chi connectivity index (χ4v) is 2.88. The number of amides is 1. The Kier molecular flexibility index (Phi) is 6.55. The van der Waals surface area contributed by atoms with Crippen LogP contribution in [0.3, 0.4) is 0 Å². The van der Waals surface area contributed by atoms with Gasteiger partial charge in [0.1, 0.15) is 11.8 Å². The van der Waals surface area contributed by atoms with Crippen LogP contribution in [0.4, 0.5) is 0 Å². The molecule has 0 aliphatic heterocycles. The molecule has 0 aliphatic carbocycles. The van der Waals surface area contributed by atoms with Crippen LogP contribution in [0.2, 0.25) is 0 Å². The summed E-state index contributed by atoms with van der Waals surface area (Å²) in [7, 11) is 0. The number of ether oxygens (including phenoxy) is 1. The van der Waals surface area contributed by atoms with E-state index in [-0.39, 0.29) is 25.0 Å². The summed E-state index contributed by atoms with van der Waals surface area (Å²) in [5.41, 5.74) is 0.143. The van der Waals surface area contributed by atoms with Crippen molar-refractivity contribution in [1.29, 1.82) is 0 Å². The third-order valence-corrected chi connectivity index (χ3v) is 4.39. The van der Waals surface area contributed by atoms with Crippen LogP contribution >= 0.6 is 11.3 Å². The van der Waals surface area contributed by atoms with Crippen molar-refractivity contribution in [1.82, 2.24) is 10.3 Å². The first-order valence-electron chi connectivity index (χ1n) is 8.32. The average Bonchev–Trinajstić information content (AvgIpc) is 3.15. The number of carboxylic acid groups (broad SMARTS) is 1. The standard InChI is InChI=1S/C18H24N2O5S/c1-11-13(20-16(25-11)14-6-5-9-26-14)10-15(21)19-12(17(22)23)7-8-24-18(2,3)4/h5-6,9,12H,7-8,10H2,1-4H3,(H,19,21)(H,22,23). The number of rotatable bonds is 8. The third kappa shape index (κ3) is 5.96. The molecule has 0 aliphatic rings. The molecule has 0 saturated carbocycles. The maximum atomic E-state index is 12.2. The molecule has 2 N–H and O–H groups in total. The first-order valence-corrected chi connectivity index (χ1v) is 9.20. The lowest BCUT2D eigenvalue weighted by atomic mass is 10.1. The highest BCUT2D eigenvalue weighted by Crippen LogP contribution is 2.26. The number of carboxylic acids is 1. The molecule has 1 unspecified atom stereocenters. The largest absolute Gasteiger partial charge is 0.480 e. The number of carbonyl (C=O) groups excluding carboxylic acids is 1. The van der Waals surface area contributed by atoms with E-state index in [1.165, 1.54) is 11.3 Å². The van der Waals surface area contributed by atoms with Crippen LogP contribution in [0.5, 0.6) is 0 Å². The minimum atomic E-state index is -1.09. The zero-order valence-electron chi connectivity index (χ0n) is 15.4. The van der Waals surface area contributed by atoms with Gasteiger partial charge < -0.3 is 19.6 Å². The Hall–Kier alpha value is -2.19. The molecule has 0 bridgehead atoms. The number of thiophene rings is 1. The maximum absolute atomic E-state index is 12.2. The summed E-state index contributed by atoms with van der Waals surface area (Å²) in [6.45, 7) is 7.64. The van der Waals surface area contributed by atoms with Crippen LogP contribution < -0.4 is 5.32 Å². The van der Waals surface area contributed by atoms with Gasteiger partial charge in [-0.3, -0.25) is 4.79 Å². The van der Waals surface area contributed by atoms with Crippen LogP contribution in [0.1, 0.15) is 38.6 Å². The molecular weight excluding hydrogens is 356 g/mol. The summed E-state index contributed by atoms with van der Waals surface area (Å²) < 4.78 is 11.1. The monoisotopic (exact) mass is 380 g/mol. The molecule has 0 aromatic carbocycles. The van der Waals surface area contributed by atoms with E-state index in [0.717, 1.165) is 4.88 Å². The number of hydrogen-bond donors (Lipinski definition) is 2. The van der Waals surface area contributed by atoms with Crippen molar-refractivity contribution in [3.05, 3.63) is 29.0 Å². The Bertz CT molecular complexity index is 746. The molecule has 0 spiro atoms. The molecule has 2 aromatic rings. The molecule has 26 heavy (non-hydrogen) atoms. The first kappa shape index (κ1) is 20.1. The smallest absolute Gasteiger partial charge is 0.326 e. The molecule has 1 amide bonds. The van der Waals surface area contributed by atoms with Crippen molar-refractivity contribution in [2.45, 2.75) is 52.2 Å². The zero-order chi connectivity index (χ0) is 19.3. The van der Waals surface area contributed by atoms with E-state index < -0.39 is 17.9 Å². The van der Waals surface area contributed by atoms with Gasteiger partial charge in [-0.05, 0) is 39.1 Å². The SMILES string of the molecule is Cc1oc(-c2cccs2)nc1CC(=O)NC(CCOC(C)(C)C)C(=O)O. The number of carbonyl (C=O) groups is 2. The average molecular weight is 380 g/mol. The van der Waals surface area contributed by atoms with Crippen LogP contribution in [0.25, 0.3) is 10.8 Å². The highest BCUT2D eigenvalue weighted by Gasteiger charge is 2.23. The summed E-state index contributed by atoms with van der Waals surface area (Å²) in [6.07, 6.45) is 0.154. The van der Waals surface area contributed by atoms with Gasteiger partial charge in [-0.1, -0.05) is 6.07 Å². The molecule has 2 rings (SSSR count). The maximum Gasteiger partial charge on any atom is 0.326 e. The van der Waals surface area contributed by atoms with Gasteiger partial charge in [-0.2, -0.15) is 0 Å². The second kappa shape index (κ2) is 8.46. The van der Waals surface area contributed by atoms with E-state index in [1.807, 2.05) is 38.3 Å². The van der Waals surface area contributed by atoms with E-state index >= 15 is 0 Å². The van der Waals surface area contributed by atoms with Crippen molar-refractivity contribution >= 4 is 23.2 Å². The molecule has 0 radical (unpaired) electrons. The Morgan fingerprint density at radius 3 is 2.73 bits per heavy atom. The summed E-state index contributed by atoms with van der Waals surface area (Å²) in [6, 6.07) is 2.77. The Labute approximate surface area is 156 Å². The van der Waals surface area contributed by atoms with Crippen molar-refractivity contribution in [2.75, 3.05) is 6.61 Å².